The molecule has 8 heteroatoms. The number of rotatable bonds is 2. The van der Waals surface area contributed by atoms with E-state index in [4.69, 9.17) is 15.6 Å². The summed E-state index contributed by atoms with van der Waals surface area (Å²) in [4.78, 5) is 14.2. The van der Waals surface area contributed by atoms with E-state index >= 15 is 0 Å². The predicted molar refractivity (Wildman–Crippen MR) is 59.3 cm³/mol. The number of hydrogen-bond acceptors (Lipinski definition) is 7. The van der Waals surface area contributed by atoms with Crippen LogP contribution in [0, 0.1) is 0 Å². The van der Waals surface area contributed by atoms with Crippen LogP contribution in [0.2, 0.25) is 0 Å². The van der Waals surface area contributed by atoms with Gasteiger partial charge in [0.05, 0.1) is 6.61 Å². The van der Waals surface area contributed by atoms with Crippen molar-refractivity contribution in [3.63, 3.8) is 0 Å². The normalized spacial score (nSPS) is 35.9. The van der Waals surface area contributed by atoms with Gasteiger partial charge in [-0.25, -0.2) is 0 Å². The van der Waals surface area contributed by atoms with Crippen molar-refractivity contribution in [1.82, 2.24) is 4.98 Å². The second kappa shape index (κ2) is 4.34. The molecular formula is C10H14N2O6. The highest BCUT2D eigenvalue weighted by atomic mass is 16.7. The molecule has 1 aliphatic rings. The molecule has 0 spiro atoms. The molecule has 0 aromatic carbocycles. The first-order chi connectivity index (χ1) is 8.41. The molecular weight excluding hydrogens is 244 g/mol. The van der Waals surface area contributed by atoms with Crippen LogP contribution in [-0.2, 0) is 10.5 Å². The highest BCUT2D eigenvalue weighted by Gasteiger charge is 2.56. The molecule has 0 amide bonds. The number of aromatic amines is 1. The van der Waals surface area contributed by atoms with E-state index in [2.05, 4.69) is 4.98 Å². The van der Waals surface area contributed by atoms with Gasteiger partial charge in [-0.2, -0.15) is 0 Å². The Bertz CT molecular complexity index is 503. The number of pyridine rings is 1. The van der Waals surface area contributed by atoms with E-state index in [1.165, 1.54) is 6.20 Å². The van der Waals surface area contributed by atoms with E-state index < -0.39 is 41.7 Å². The molecule has 2 heterocycles. The highest BCUT2D eigenvalue weighted by Crippen LogP contribution is 2.37. The minimum atomic E-state index is -2.45. The fourth-order valence-electron chi connectivity index (χ4n) is 2.02. The zero-order chi connectivity index (χ0) is 13.5. The van der Waals surface area contributed by atoms with E-state index in [9.17, 15) is 20.1 Å². The fourth-order valence-corrected chi connectivity index (χ4v) is 2.02. The fraction of sp³-hybridized carbons (Fsp3) is 0.500. The summed E-state index contributed by atoms with van der Waals surface area (Å²) in [5.41, 5.74) is 4.48. The number of nitrogen functional groups attached to an aromatic ring is 1. The van der Waals surface area contributed by atoms with E-state index in [1.54, 1.807) is 0 Å². The molecule has 18 heavy (non-hydrogen) atoms. The van der Waals surface area contributed by atoms with Crippen molar-refractivity contribution < 1.29 is 25.2 Å². The van der Waals surface area contributed by atoms with E-state index in [1.807, 2.05) is 0 Å². The van der Waals surface area contributed by atoms with Crippen LogP contribution in [-0.4, -0.2) is 50.3 Å². The van der Waals surface area contributed by atoms with Crippen LogP contribution in [0.3, 0.4) is 0 Å². The van der Waals surface area contributed by atoms with Gasteiger partial charge in [0.2, 0.25) is 5.79 Å². The first kappa shape index (κ1) is 13.0. The first-order valence-corrected chi connectivity index (χ1v) is 5.26. The first-order valence-electron chi connectivity index (χ1n) is 5.26. The maximum absolute atomic E-state index is 11.7. The van der Waals surface area contributed by atoms with Crippen molar-refractivity contribution in [3.05, 3.63) is 28.0 Å². The lowest BCUT2D eigenvalue weighted by atomic mass is 9.98. The third-order valence-electron chi connectivity index (χ3n) is 2.96. The van der Waals surface area contributed by atoms with Gasteiger partial charge in [-0.05, 0) is 0 Å². The van der Waals surface area contributed by atoms with Crippen LogP contribution in [0.15, 0.2) is 17.1 Å². The van der Waals surface area contributed by atoms with Crippen LogP contribution < -0.4 is 11.2 Å². The topological polar surface area (TPSA) is 149 Å². The number of hydrogen-bond donors (Lipinski definition) is 6. The summed E-state index contributed by atoms with van der Waals surface area (Å²) < 4.78 is 4.98. The minimum absolute atomic E-state index is 0.185. The SMILES string of the molecule is Nc1[nH]ccc(=O)c1[C@@]1(O)O[C@H](CO)[C@@H](O)[C@H]1O. The van der Waals surface area contributed by atoms with Gasteiger partial charge in [0.1, 0.15) is 29.7 Å². The highest BCUT2D eigenvalue weighted by molar-refractivity contribution is 5.43. The Morgan fingerprint density at radius 3 is 2.67 bits per heavy atom. The smallest absolute Gasteiger partial charge is 0.229 e. The van der Waals surface area contributed by atoms with Gasteiger partial charge in [0.15, 0.2) is 5.43 Å². The molecule has 1 aliphatic heterocycles. The van der Waals surface area contributed by atoms with Crippen LogP contribution in [0.1, 0.15) is 5.56 Å². The quantitative estimate of drug-likeness (QED) is 0.336. The molecule has 1 aromatic heterocycles. The summed E-state index contributed by atoms with van der Waals surface area (Å²) >= 11 is 0. The monoisotopic (exact) mass is 258 g/mol. The number of ether oxygens (including phenoxy) is 1. The Morgan fingerprint density at radius 2 is 2.17 bits per heavy atom. The number of aromatic nitrogens is 1. The molecule has 0 saturated carbocycles. The van der Waals surface area contributed by atoms with Gasteiger partial charge < -0.3 is 35.9 Å². The van der Waals surface area contributed by atoms with Crippen molar-refractivity contribution in [3.8, 4) is 0 Å². The van der Waals surface area contributed by atoms with E-state index in [-0.39, 0.29) is 5.82 Å². The van der Waals surface area contributed by atoms with Crippen LogP contribution >= 0.6 is 0 Å². The van der Waals surface area contributed by atoms with Gasteiger partial charge in [-0.1, -0.05) is 0 Å². The maximum atomic E-state index is 11.7. The number of H-pyrrole nitrogens is 1. The van der Waals surface area contributed by atoms with Gasteiger partial charge >= 0.3 is 0 Å². The Morgan fingerprint density at radius 1 is 1.50 bits per heavy atom. The average molecular weight is 258 g/mol. The van der Waals surface area contributed by atoms with Crippen molar-refractivity contribution in [1.29, 1.82) is 0 Å². The third kappa shape index (κ3) is 1.71. The maximum Gasteiger partial charge on any atom is 0.229 e. The molecule has 0 unspecified atom stereocenters. The molecule has 1 fully saturated rings. The number of anilines is 1. The van der Waals surface area contributed by atoms with Gasteiger partial charge in [-0.15, -0.1) is 0 Å². The number of nitrogens with two attached hydrogens (primary N) is 1. The molecule has 4 atom stereocenters. The lowest BCUT2D eigenvalue weighted by Gasteiger charge is -2.26. The zero-order valence-corrected chi connectivity index (χ0v) is 9.28. The minimum Gasteiger partial charge on any atom is -0.394 e. The zero-order valence-electron chi connectivity index (χ0n) is 9.28. The summed E-state index contributed by atoms with van der Waals surface area (Å²) in [5.74, 6) is -2.64. The molecule has 2 rings (SSSR count). The number of aliphatic hydroxyl groups excluding tert-OH is 3. The van der Waals surface area contributed by atoms with Gasteiger partial charge in [0.25, 0.3) is 0 Å². The molecule has 8 nitrogen and oxygen atoms in total. The summed E-state index contributed by atoms with van der Waals surface area (Å²) in [6.45, 7) is -0.620. The molecule has 100 valence electrons. The molecule has 1 aromatic rings. The molecule has 0 bridgehead atoms. The lowest BCUT2D eigenvalue weighted by Crippen LogP contribution is -2.44. The number of nitrogens with one attached hydrogen (secondary N) is 1. The van der Waals surface area contributed by atoms with Crippen LogP contribution in [0.5, 0.6) is 0 Å². The molecule has 1 saturated heterocycles. The Balaban J connectivity index is 2.53. The van der Waals surface area contributed by atoms with Gasteiger partial charge in [-0.3, -0.25) is 4.79 Å². The Kier molecular flexibility index (Phi) is 3.13. The third-order valence-corrected chi connectivity index (χ3v) is 2.96. The molecule has 7 N–H and O–H groups in total. The van der Waals surface area contributed by atoms with Crippen molar-refractivity contribution in [2.24, 2.45) is 0 Å². The molecule has 0 radical (unpaired) electrons. The summed E-state index contributed by atoms with van der Waals surface area (Å²) in [6, 6.07) is 1.10. The van der Waals surface area contributed by atoms with Crippen molar-refractivity contribution in [2.75, 3.05) is 12.3 Å². The Labute approximate surface area is 101 Å². The number of aliphatic hydroxyl groups is 4. The van der Waals surface area contributed by atoms with Gasteiger partial charge in [0, 0.05) is 12.3 Å². The van der Waals surface area contributed by atoms with E-state index in [0.717, 1.165) is 6.07 Å². The second-order valence-corrected chi connectivity index (χ2v) is 4.10. The second-order valence-electron chi connectivity index (χ2n) is 4.10. The standard InChI is InChI=1S/C10H14N2O6/c11-9-6(4(14)1-2-12-9)10(17)8(16)7(15)5(3-13)18-10/h1-2,5,7-8,13,15-17H,3H2,(H3,11,12,14)/t5-,7-,8-,10-/m1/s1. The summed E-state index contributed by atoms with van der Waals surface area (Å²) in [7, 11) is 0. The predicted octanol–water partition coefficient (Wildman–Crippen LogP) is -2.78. The van der Waals surface area contributed by atoms with Crippen molar-refractivity contribution >= 4 is 5.82 Å². The van der Waals surface area contributed by atoms with Crippen LogP contribution in [0.4, 0.5) is 5.82 Å². The Hall–Kier alpha value is -1.45. The lowest BCUT2D eigenvalue weighted by molar-refractivity contribution is -0.240. The van der Waals surface area contributed by atoms with Crippen LogP contribution in [0.25, 0.3) is 0 Å². The summed E-state index contributed by atoms with van der Waals surface area (Å²) in [6.07, 6.45) is -3.25. The molecule has 0 aliphatic carbocycles. The van der Waals surface area contributed by atoms with E-state index in [0.29, 0.717) is 0 Å². The largest absolute Gasteiger partial charge is 0.394 e. The van der Waals surface area contributed by atoms with Crippen molar-refractivity contribution in [2.45, 2.75) is 24.1 Å². The summed E-state index contributed by atoms with van der Waals surface area (Å²) in [5, 5.41) is 38.5. The average Bonchev–Trinajstić information content (AvgIpc) is 2.54.